The molecule has 0 radical (unpaired) electrons. The normalized spacial score (nSPS) is 29.0. The molecule has 1 fully saturated rings. The van der Waals surface area contributed by atoms with E-state index in [0.29, 0.717) is 12.0 Å². The van der Waals surface area contributed by atoms with Crippen LogP contribution in [0.4, 0.5) is 0 Å². The van der Waals surface area contributed by atoms with Crippen molar-refractivity contribution < 1.29 is 6.16 Å². The number of morpholine rings is 1. The summed E-state index contributed by atoms with van der Waals surface area (Å²) >= 11 is 0. The van der Waals surface area contributed by atoms with E-state index in [1.54, 1.807) is 0 Å². The third kappa shape index (κ3) is 1.95. The molecule has 1 heterocycles. The van der Waals surface area contributed by atoms with Crippen LogP contribution in [0.3, 0.4) is 0 Å². The van der Waals surface area contributed by atoms with Gasteiger partial charge in [-0.25, -0.2) is 0 Å². The van der Waals surface area contributed by atoms with Gasteiger partial charge in [-0.1, -0.05) is 13.8 Å². The standard InChI is InChI=1S/C7H15NO.H2/c1-6(2)7-5-9-4-3-8-7;/h6-8H,3-5H2,1-2H3;1H/t7-;/m1./s1. The van der Waals surface area contributed by atoms with Gasteiger partial charge < -0.3 is 10.1 Å². The van der Waals surface area contributed by atoms with E-state index in [-0.39, 0.29) is 1.43 Å². The van der Waals surface area contributed by atoms with Gasteiger partial charge in [-0.2, -0.15) is 0 Å². The molecule has 0 spiro atoms. The molecule has 0 unspecified atom stereocenters. The van der Waals surface area contributed by atoms with E-state index in [2.05, 4.69) is 19.2 Å². The Hall–Kier alpha value is -0.0800. The van der Waals surface area contributed by atoms with Crippen LogP contribution in [-0.4, -0.2) is 25.8 Å². The van der Waals surface area contributed by atoms with Gasteiger partial charge in [0.1, 0.15) is 0 Å². The van der Waals surface area contributed by atoms with E-state index in [0.717, 1.165) is 19.8 Å². The molecule has 0 amide bonds. The minimum absolute atomic E-state index is 0. The van der Waals surface area contributed by atoms with E-state index in [1.807, 2.05) is 0 Å². The summed E-state index contributed by atoms with van der Waals surface area (Å²) < 4.78 is 5.28. The maximum absolute atomic E-state index is 5.28. The van der Waals surface area contributed by atoms with E-state index >= 15 is 0 Å². The fourth-order valence-corrected chi connectivity index (χ4v) is 1.01. The largest absolute Gasteiger partial charge is 0.379 e. The van der Waals surface area contributed by atoms with Gasteiger partial charge >= 0.3 is 0 Å². The van der Waals surface area contributed by atoms with Crippen LogP contribution in [0.5, 0.6) is 0 Å². The van der Waals surface area contributed by atoms with Crippen molar-refractivity contribution in [2.45, 2.75) is 19.9 Å². The van der Waals surface area contributed by atoms with Gasteiger partial charge in [-0.15, -0.1) is 0 Å². The molecule has 9 heavy (non-hydrogen) atoms. The first-order chi connectivity index (χ1) is 4.30. The van der Waals surface area contributed by atoms with Crippen molar-refractivity contribution in [3.05, 3.63) is 0 Å². The van der Waals surface area contributed by atoms with Crippen molar-refractivity contribution in [1.82, 2.24) is 5.32 Å². The minimum Gasteiger partial charge on any atom is -0.379 e. The Bertz CT molecular complexity index is 81.7. The molecular weight excluding hydrogens is 114 g/mol. The second-order valence-electron chi connectivity index (χ2n) is 2.88. The number of ether oxygens (including phenoxy) is 1. The number of rotatable bonds is 1. The van der Waals surface area contributed by atoms with Crippen molar-refractivity contribution >= 4 is 0 Å². The lowest BCUT2D eigenvalue weighted by molar-refractivity contribution is 0.0623. The number of hydrogen-bond acceptors (Lipinski definition) is 2. The maximum atomic E-state index is 5.28. The Kier molecular flexibility index (Phi) is 2.49. The Morgan fingerprint density at radius 2 is 2.44 bits per heavy atom. The van der Waals surface area contributed by atoms with Gasteiger partial charge in [-0.3, -0.25) is 0 Å². The molecule has 0 aromatic rings. The van der Waals surface area contributed by atoms with Crippen LogP contribution < -0.4 is 5.32 Å². The Morgan fingerprint density at radius 1 is 1.67 bits per heavy atom. The zero-order valence-electron chi connectivity index (χ0n) is 6.18. The molecule has 1 rings (SSSR count). The van der Waals surface area contributed by atoms with Crippen molar-refractivity contribution in [2.75, 3.05) is 19.8 Å². The summed E-state index contributed by atoms with van der Waals surface area (Å²) in [6, 6.07) is 0.582. The second kappa shape index (κ2) is 3.18. The average Bonchev–Trinajstić information content (AvgIpc) is 1.90. The molecule has 0 aromatic carbocycles. The number of nitrogens with one attached hydrogen (secondary N) is 1. The summed E-state index contributed by atoms with van der Waals surface area (Å²) in [6.07, 6.45) is 0. The fourth-order valence-electron chi connectivity index (χ4n) is 1.01. The molecule has 2 heteroatoms. The summed E-state index contributed by atoms with van der Waals surface area (Å²) in [4.78, 5) is 0. The third-order valence-electron chi connectivity index (χ3n) is 1.76. The summed E-state index contributed by atoms with van der Waals surface area (Å²) in [5, 5.41) is 3.39. The molecule has 1 N–H and O–H groups in total. The summed E-state index contributed by atoms with van der Waals surface area (Å²) in [7, 11) is 0. The van der Waals surface area contributed by atoms with Crippen LogP contribution in [-0.2, 0) is 4.74 Å². The Labute approximate surface area is 58.1 Å². The molecule has 0 bridgehead atoms. The van der Waals surface area contributed by atoms with E-state index in [4.69, 9.17) is 4.74 Å². The first kappa shape index (κ1) is 7.03. The lowest BCUT2D eigenvalue weighted by Crippen LogP contribution is -2.44. The van der Waals surface area contributed by atoms with E-state index < -0.39 is 0 Å². The highest BCUT2D eigenvalue weighted by atomic mass is 16.5. The minimum atomic E-state index is 0. The van der Waals surface area contributed by atoms with E-state index in [9.17, 15) is 0 Å². The van der Waals surface area contributed by atoms with Gasteiger partial charge in [0.2, 0.25) is 0 Å². The number of hydrogen-bond donors (Lipinski definition) is 1. The molecule has 1 saturated heterocycles. The first-order valence-electron chi connectivity index (χ1n) is 3.62. The van der Waals surface area contributed by atoms with Crippen LogP contribution in [0.2, 0.25) is 0 Å². The lowest BCUT2D eigenvalue weighted by Gasteiger charge is -2.26. The van der Waals surface area contributed by atoms with Gasteiger partial charge in [0.05, 0.1) is 13.2 Å². The Balaban J connectivity index is 0.000000810. The highest BCUT2D eigenvalue weighted by Crippen LogP contribution is 2.04. The molecule has 0 aliphatic carbocycles. The smallest absolute Gasteiger partial charge is 0.0622 e. The van der Waals surface area contributed by atoms with Crippen molar-refractivity contribution in [3.63, 3.8) is 0 Å². The van der Waals surface area contributed by atoms with Gasteiger partial charge in [0, 0.05) is 14.0 Å². The topological polar surface area (TPSA) is 21.3 Å². The van der Waals surface area contributed by atoms with Crippen molar-refractivity contribution in [3.8, 4) is 0 Å². The molecule has 1 atom stereocenters. The quantitative estimate of drug-likeness (QED) is 0.570. The van der Waals surface area contributed by atoms with Crippen LogP contribution in [0.1, 0.15) is 15.3 Å². The highest BCUT2D eigenvalue weighted by molar-refractivity contribution is 4.72. The molecular formula is C7H17NO. The highest BCUT2D eigenvalue weighted by Gasteiger charge is 2.15. The van der Waals surface area contributed by atoms with Crippen LogP contribution in [0, 0.1) is 5.92 Å². The van der Waals surface area contributed by atoms with Crippen LogP contribution in [0.15, 0.2) is 0 Å². The zero-order chi connectivity index (χ0) is 6.69. The van der Waals surface area contributed by atoms with Crippen LogP contribution in [0.25, 0.3) is 0 Å². The molecule has 1 aliphatic rings. The molecule has 2 nitrogen and oxygen atoms in total. The predicted octanol–water partition coefficient (Wildman–Crippen LogP) is 0.877. The van der Waals surface area contributed by atoms with Crippen LogP contribution >= 0.6 is 0 Å². The predicted molar refractivity (Wildman–Crippen MR) is 39.6 cm³/mol. The third-order valence-corrected chi connectivity index (χ3v) is 1.76. The second-order valence-corrected chi connectivity index (χ2v) is 2.88. The molecule has 56 valence electrons. The zero-order valence-corrected chi connectivity index (χ0v) is 6.18. The monoisotopic (exact) mass is 131 g/mol. The summed E-state index contributed by atoms with van der Waals surface area (Å²) in [5.41, 5.74) is 0. The first-order valence-corrected chi connectivity index (χ1v) is 3.62. The summed E-state index contributed by atoms with van der Waals surface area (Å²) in [5.74, 6) is 0.699. The van der Waals surface area contributed by atoms with Gasteiger partial charge in [-0.05, 0) is 5.92 Å². The Morgan fingerprint density at radius 3 is 2.78 bits per heavy atom. The maximum Gasteiger partial charge on any atom is 0.0622 e. The molecule has 0 aromatic heterocycles. The fraction of sp³-hybridized carbons (Fsp3) is 1.00. The lowest BCUT2D eigenvalue weighted by atomic mass is 10.1. The van der Waals surface area contributed by atoms with Crippen molar-refractivity contribution in [2.24, 2.45) is 5.92 Å². The molecule has 0 saturated carbocycles. The summed E-state index contributed by atoms with van der Waals surface area (Å²) in [6.45, 7) is 7.21. The van der Waals surface area contributed by atoms with E-state index in [1.165, 1.54) is 0 Å². The van der Waals surface area contributed by atoms with Gasteiger partial charge in [0.25, 0.3) is 0 Å². The SMILES string of the molecule is CC(C)[C@H]1COCCN1.[HH]. The van der Waals surface area contributed by atoms with Crippen molar-refractivity contribution in [1.29, 1.82) is 0 Å². The molecule has 1 aliphatic heterocycles. The van der Waals surface area contributed by atoms with Gasteiger partial charge in [0.15, 0.2) is 0 Å². The average molecular weight is 131 g/mol.